The Bertz CT molecular complexity index is 3310. The van der Waals surface area contributed by atoms with Crippen LogP contribution in [0, 0.1) is 0 Å². The fourth-order valence-electron chi connectivity index (χ4n) is 10.5. The van der Waals surface area contributed by atoms with Gasteiger partial charge in [0.2, 0.25) is 18.4 Å². The third-order valence-corrected chi connectivity index (χ3v) is 13.0. The molecule has 0 spiro atoms. The number of pyridine rings is 1. The Morgan fingerprint density at radius 1 is 0.526 bits per heavy atom. The molecule has 57 heavy (non-hydrogen) atoms. The van der Waals surface area contributed by atoms with Crippen molar-refractivity contribution in [2.24, 2.45) is 0 Å². The minimum atomic E-state index is -0.0136. The van der Waals surface area contributed by atoms with E-state index < -0.39 is 0 Å². The van der Waals surface area contributed by atoms with Crippen LogP contribution in [0.15, 0.2) is 164 Å². The number of allylic oxidation sites excluding steroid dienone is 2. The number of nitrogens with zero attached hydrogens (tertiary/aromatic N) is 7. The van der Waals surface area contributed by atoms with Crippen LogP contribution >= 0.6 is 0 Å². The molecule has 10 aromatic rings. The van der Waals surface area contributed by atoms with Gasteiger partial charge >= 0.3 is 0 Å². The first-order valence-corrected chi connectivity index (χ1v) is 20.1. The van der Waals surface area contributed by atoms with Gasteiger partial charge in [-0.2, -0.15) is 0 Å². The number of para-hydroxylation sites is 4. The van der Waals surface area contributed by atoms with E-state index in [1.54, 1.807) is 0 Å². The minimum Gasteiger partial charge on any atom is -0.341 e. The number of benzene rings is 5. The molecule has 7 heteroatoms. The van der Waals surface area contributed by atoms with Crippen molar-refractivity contribution in [1.29, 1.82) is 0 Å². The average molecular weight is 738 g/mol. The normalized spacial score (nSPS) is 17.2. The summed E-state index contributed by atoms with van der Waals surface area (Å²) in [5.41, 5.74) is 15.2. The lowest BCUT2D eigenvalue weighted by Gasteiger charge is -2.30. The maximum absolute atomic E-state index is 5.29. The van der Waals surface area contributed by atoms with Gasteiger partial charge in [-0.1, -0.05) is 91.0 Å². The van der Waals surface area contributed by atoms with Gasteiger partial charge in [0.15, 0.2) is 6.54 Å². The lowest BCUT2D eigenvalue weighted by atomic mass is 9.80. The van der Waals surface area contributed by atoms with Crippen LogP contribution < -0.4 is 9.36 Å². The van der Waals surface area contributed by atoms with Crippen LogP contribution in [0.2, 0.25) is 0 Å². The molecule has 13 rings (SSSR count). The first-order valence-electron chi connectivity index (χ1n) is 20.1. The smallest absolute Gasteiger partial charge is 0.218 e. The Morgan fingerprint density at radius 3 is 1.89 bits per heavy atom. The number of hydrogen-bond donors (Lipinski definition) is 0. The Kier molecular flexibility index (Phi) is 6.45. The fourth-order valence-corrected chi connectivity index (χ4v) is 10.5. The van der Waals surface area contributed by atoms with Crippen LogP contribution in [0.4, 0.5) is 0 Å². The lowest BCUT2D eigenvalue weighted by Crippen LogP contribution is -2.54. The molecule has 5 aromatic carbocycles. The second kappa shape index (κ2) is 11.8. The number of aromatic nitrogens is 7. The van der Waals surface area contributed by atoms with Gasteiger partial charge in [-0.25, -0.2) is 0 Å². The summed E-state index contributed by atoms with van der Waals surface area (Å²) < 4.78 is 15.0. The predicted octanol–water partition coefficient (Wildman–Crippen LogP) is 8.77. The third-order valence-electron chi connectivity index (χ3n) is 13.0. The summed E-state index contributed by atoms with van der Waals surface area (Å²) in [6.07, 6.45) is 12.3. The fraction of sp³-hybridized carbons (Fsp3) is 0.140. The highest BCUT2D eigenvalue weighted by Crippen LogP contribution is 2.44. The van der Waals surface area contributed by atoms with Crippen LogP contribution in [0.25, 0.3) is 49.2 Å². The molecule has 0 N–H and O–H groups in total. The van der Waals surface area contributed by atoms with E-state index in [1.807, 2.05) is 0 Å². The van der Waals surface area contributed by atoms with Crippen molar-refractivity contribution in [3.63, 3.8) is 0 Å². The van der Waals surface area contributed by atoms with E-state index in [-0.39, 0.29) is 12.0 Å². The molecule has 3 aliphatic rings. The molecule has 8 heterocycles. The Morgan fingerprint density at radius 2 is 1.12 bits per heavy atom. The Hall–Kier alpha value is -6.99. The van der Waals surface area contributed by atoms with Crippen molar-refractivity contribution in [3.8, 4) is 0 Å². The van der Waals surface area contributed by atoms with Crippen LogP contribution in [0.5, 0.6) is 0 Å². The predicted molar refractivity (Wildman–Crippen MR) is 224 cm³/mol. The average Bonchev–Trinajstić information content (AvgIpc) is 4.00. The number of hydrogen-bond acceptors (Lipinski definition) is 1. The molecule has 3 aliphatic heterocycles. The topological polar surface area (TPSA) is 40.4 Å². The zero-order valence-electron chi connectivity index (χ0n) is 31.4. The molecule has 8 bridgehead atoms. The molecule has 5 aromatic heterocycles. The summed E-state index contributed by atoms with van der Waals surface area (Å²) >= 11 is 0. The first-order chi connectivity index (χ1) is 28.2. The molecule has 0 saturated carbocycles. The summed E-state index contributed by atoms with van der Waals surface area (Å²) in [6.45, 7) is 3.72. The molecule has 0 amide bonds. The van der Waals surface area contributed by atoms with Gasteiger partial charge < -0.3 is 9.13 Å². The zero-order chi connectivity index (χ0) is 37.2. The van der Waals surface area contributed by atoms with E-state index in [4.69, 9.17) is 4.98 Å². The molecule has 0 radical (unpaired) electrons. The molecular weight excluding hydrogens is 699 g/mol. The van der Waals surface area contributed by atoms with Gasteiger partial charge in [-0.05, 0) is 65.2 Å². The van der Waals surface area contributed by atoms with Gasteiger partial charge in [-0.15, -0.1) is 18.7 Å². The van der Waals surface area contributed by atoms with Crippen molar-refractivity contribution in [2.75, 3.05) is 0 Å². The van der Waals surface area contributed by atoms with Gasteiger partial charge in [0.25, 0.3) is 0 Å². The summed E-state index contributed by atoms with van der Waals surface area (Å²) in [5.74, 6) is -0.0136. The molecule has 0 saturated heterocycles. The van der Waals surface area contributed by atoms with Crippen molar-refractivity contribution >= 4 is 49.2 Å². The quantitative estimate of drug-likeness (QED) is 0.144. The van der Waals surface area contributed by atoms with Crippen molar-refractivity contribution in [3.05, 3.63) is 204 Å². The molecular formula is C50H39N7+2. The van der Waals surface area contributed by atoms with E-state index in [1.165, 1.54) is 77.0 Å². The number of fused-ring (bicyclic) bond motifs is 23. The van der Waals surface area contributed by atoms with Crippen LogP contribution in [0.3, 0.4) is 0 Å². The maximum Gasteiger partial charge on any atom is 0.218 e. The highest BCUT2D eigenvalue weighted by Gasteiger charge is 2.44. The first kappa shape index (κ1) is 31.2. The van der Waals surface area contributed by atoms with E-state index in [2.05, 4.69) is 192 Å². The van der Waals surface area contributed by atoms with Crippen LogP contribution in [0.1, 0.15) is 51.2 Å². The molecule has 272 valence electrons. The zero-order valence-corrected chi connectivity index (χ0v) is 31.4. The highest BCUT2D eigenvalue weighted by molar-refractivity contribution is 5.94. The van der Waals surface area contributed by atoms with Crippen molar-refractivity contribution in [2.45, 2.75) is 44.7 Å². The van der Waals surface area contributed by atoms with Gasteiger partial charge in [0, 0.05) is 50.9 Å². The van der Waals surface area contributed by atoms with E-state index >= 15 is 0 Å². The van der Waals surface area contributed by atoms with E-state index in [0.29, 0.717) is 13.1 Å². The molecule has 7 nitrogen and oxygen atoms in total. The molecule has 0 aliphatic carbocycles. The minimum absolute atomic E-state index is 0.0114. The Balaban J connectivity index is 1.20. The van der Waals surface area contributed by atoms with Gasteiger partial charge in [0.1, 0.15) is 24.1 Å². The second-order valence-corrected chi connectivity index (χ2v) is 16.2. The summed E-state index contributed by atoms with van der Waals surface area (Å²) in [7, 11) is 0. The number of rotatable bonds is 0. The summed E-state index contributed by atoms with van der Waals surface area (Å²) in [6, 6.07) is 49.3. The third kappa shape index (κ3) is 4.63. The van der Waals surface area contributed by atoms with E-state index in [9.17, 15) is 0 Å². The van der Waals surface area contributed by atoms with E-state index in [0.717, 1.165) is 31.0 Å². The largest absolute Gasteiger partial charge is 0.341 e. The standard InChI is InChI=1S/C50H39N7/c1-5-19-45-33(11-1)24-54-25-37-23-42(50-49-35(27-55(45)54)13-9-14-36(49)28-56-46-20-6-2-12-34(46)26-57(50)56)44-32-53(48-22-8-4-18-41(44)48)30-39-16-10-15-38(51-39)29-52-31-43(37)40-17-3-7-21-47(40)52/h1-24,26,31-32,42,50H,25,27-30H2/q+2. The van der Waals surface area contributed by atoms with Crippen LogP contribution in [-0.2, 0) is 32.7 Å². The second-order valence-electron chi connectivity index (χ2n) is 16.2. The molecule has 2 atom stereocenters. The highest BCUT2D eigenvalue weighted by atomic mass is 15.4. The Labute approximate surface area is 329 Å². The van der Waals surface area contributed by atoms with Gasteiger partial charge in [0.05, 0.1) is 41.2 Å². The van der Waals surface area contributed by atoms with Crippen molar-refractivity contribution < 1.29 is 9.36 Å². The summed E-state index contributed by atoms with van der Waals surface area (Å²) in [5, 5.41) is 5.07. The summed E-state index contributed by atoms with van der Waals surface area (Å²) in [4.78, 5) is 5.29. The SMILES string of the molecule is C1=C2C[n+]3cc4ccccc4n3Cc3cccc4c3C(C1c1cn(c3ccccc13)Cc1cccc(n1)Cn1cc2c2ccccc21)[n+]1cc2ccccc2n1C4. The molecule has 2 unspecified atom stereocenters. The van der Waals surface area contributed by atoms with Crippen LogP contribution in [-0.4, -0.2) is 23.5 Å². The lowest BCUT2D eigenvalue weighted by molar-refractivity contribution is -0.791. The monoisotopic (exact) mass is 737 g/mol. The van der Waals surface area contributed by atoms with Crippen molar-refractivity contribution in [1.82, 2.24) is 23.5 Å². The van der Waals surface area contributed by atoms with Gasteiger partial charge in [-0.3, -0.25) is 4.98 Å². The maximum atomic E-state index is 5.29. The molecule has 0 fully saturated rings.